The summed E-state index contributed by atoms with van der Waals surface area (Å²) in [7, 11) is 1.70. The third-order valence-electron chi connectivity index (χ3n) is 2.13. The highest BCUT2D eigenvalue weighted by atomic mass is 16.5. The minimum Gasteiger partial charge on any atom is -0.481 e. The maximum absolute atomic E-state index is 10.2. The summed E-state index contributed by atoms with van der Waals surface area (Å²) >= 11 is 0. The molecule has 0 fully saturated rings. The molecule has 0 aromatic rings. The van der Waals surface area contributed by atoms with Gasteiger partial charge in [-0.2, -0.15) is 0 Å². The average molecular weight is 188 g/mol. The number of ether oxygens (including phenoxy) is 1. The number of methoxy groups -OCH3 is 1. The van der Waals surface area contributed by atoms with E-state index in [0.717, 1.165) is 25.7 Å². The van der Waals surface area contributed by atoms with Crippen molar-refractivity contribution in [3.63, 3.8) is 0 Å². The van der Waals surface area contributed by atoms with Crippen molar-refractivity contribution in [3.05, 3.63) is 0 Å². The van der Waals surface area contributed by atoms with Gasteiger partial charge in [0.25, 0.3) is 0 Å². The summed E-state index contributed by atoms with van der Waals surface area (Å²) in [6, 6.07) is 0. The molecule has 13 heavy (non-hydrogen) atoms. The van der Waals surface area contributed by atoms with Crippen molar-refractivity contribution in [1.82, 2.24) is 0 Å². The molecule has 0 amide bonds. The molecule has 0 saturated heterocycles. The van der Waals surface area contributed by atoms with E-state index in [9.17, 15) is 4.79 Å². The van der Waals surface area contributed by atoms with Crippen LogP contribution in [0.3, 0.4) is 0 Å². The first kappa shape index (κ1) is 12.4. The molecule has 0 rings (SSSR count). The summed E-state index contributed by atoms with van der Waals surface area (Å²) in [5, 5.41) is 8.43. The fourth-order valence-electron chi connectivity index (χ4n) is 1.29. The van der Waals surface area contributed by atoms with Crippen LogP contribution in [0, 0.1) is 0 Å². The second kappa shape index (κ2) is 8.05. The van der Waals surface area contributed by atoms with Crippen molar-refractivity contribution in [2.45, 2.75) is 51.6 Å². The Morgan fingerprint density at radius 1 is 1.38 bits per heavy atom. The van der Waals surface area contributed by atoms with E-state index in [1.165, 1.54) is 6.42 Å². The number of unbranched alkanes of at least 4 members (excludes halogenated alkanes) is 1. The lowest BCUT2D eigenvalue weighted by Crippen LogP contribution is -2.11. The summed E-state index contributed by atoms with van der Waals surface area (Å²) < 4.78 is 5.24. The van der Waals surface area contributed by atoms with Gasteiger partial charge in [0.1, 0.15) is 0 Å². The van der Waals surface area contributed by atoms with Crippen LogP contribution in [0.15, 0.2) is 0 Å². The Morgan fingerprint density at radius 3 is 2.46 bits per heavy atom. The Labute approximate surface area is 80.1 Å². The zero-order valence-corrected chi connectivity index (χ0v) is 8.58. The van der Waals surface area contributed by atoms with E-state index in [-0.39, 0.29) is 12.5 Å². The lowest BCUT2D eigenvalue weighted by Gasteiger charge is -2.13. The van der Waals surface area contributed by atoms with Crippen molar-refractivity contribution < 1.29 is 14.6 Å². The smallest absolute Gasteiger partial charge is 0.303 e. The lowest BCUT2D eigenvalue weighted by atomic mass is 10.1. The second-order valence-electron chi connectivity index (χ2n) is 3.29. The molecule has 1 atom stereocenters. The van der Waals surface area contributed by atoms with Crippen LogP contribution in [0.2, 0.25) is 0 Å². The number of aliphatic carboxylic acids is 1. The Hall–Kier alpha value is -0.570. The molecule has 3 nitrogen and oxygen atoms in total. The number of rotatable bonds is 8. The first-order valence-corrected chi connectivity index (χ1v) is 4.95. The van der Waals surface area contributed by atoms with Crippen molar-refractivity contribution >= 4 is 5.97 Å². The number of carboxylic acids is 1. The molecule has 0 bridgehead atoms. The van der Waals surface area contributed by atoms with E-state index in [0.29, 0.717) is 0 Å². The number of carboxylic acid groups (broad SMARTS) is 1. The molecule has 1 N–H and O–H groups in total. The second-order valence-corrected chi connectivity index (χ2v) is 3.29. The van der Waals surface area contributed by atoms with Crippen LogP contribution in [0.1, 0.15) is 45.4 Å². The SMILES string of the molecule is CCCCC(CCCC(=O)O)OC. The molecular weight excluding hydrogens is 168 g/mol. The molecule has 0 aliphatic heterocycles. The molecule has 0 aromatic carbocycles. The third-order valence-corrected chi connectivity index (χ3v) is 2.13. The number of hydrogen-bond acceptors (Lipinski definition) is 2. The van der Waals surface area contributed by atoms with Gasteiger partial charge in [-0.1, -0.05) is 19.8 Å². The van der Waals surface area contributed by atoms with Crippen molar-refractivity contribution in [3.8, 4) is 0 Å². The molecule has 0 aliphatic rings. The molecule has 0 radical (unpaired) electrons. The number of carbonyl (C=O) groups is 1. The zero-order chi connectivity index (χ0) is 10.1. The summed E-state index contributed by atoms with van der Waals surface area (Å²) in [5.41, 5.74) is 0. The van der Waals surface area contributed by atoms with Crippen LogP contribution in [-0.4, -0.2) is 24.3 Å². The molecule has 0 saturated carbocycles. The predicted octanol–water partition coefficient (Wildman–Crippen LogP) is 2.45. The summed E-state index contributed by atoms with van der Waals surface area (Å²) in [5.74, 6) is -0.717. The van der Waals surface area contributed by atoms with E-state index < -0.39 is 5.97 Å². The van der Waals surface area contributed by atoms with Gasteiger partial charge < -0.3 is 9.84 Å². The first-order valence-electron chi connectivity index (χ1n) is 4.95. The highest BCUT2D eigenvalue weighted by molar-refractivity contribution is 5.66. The van der Waals surface area contributed by atoms with Gasteiger partial charge in [0.2, 0.25) is 0 Å². The normalized spacial score (nSPS) is 12.8. The van der Waals surface area contributed by atoms with Gasteiger partial charge in [-0.25, -0.2) is 0 Å². The summed E-state index contributed by atoms with van der Waals surface area (Å²) in [6.07, 6.45) is 5.46. The lowest BCUT2D eigenvalue weighted by molar-refractivity contribution is -0.137. The van der Waals surface area contributed by atoms with E-state index in [1.54, 1.807) is 7.11 Å². The molecular formula is C10H20O3. The Morgan fingerprint density at radius 2 is 2.00 bits per heavy atom. The molecule has 3 heteroatoms. The Bertz CT molecular complexity index is 134. The molecule has 0 spiro atoms. The number of hydrogen-bond donors (Lipinski definition) is 1. The van der Waals surface area contributed by atoms with Gasteiger partial charge in [0.05, 0.1) is 6.10 Å². The quantitative estimate of drug-likeness (QED) is 0.636. The van der Waals surface area contributed by atoms with Crippen LogP contribution < -0.4 is 0 Å². The van der Waals surface area contributed by atoms with E-state index in [4.69, 9.17) is 9.84 Å². The monoisotopic (exact) mass is 188 g/mol. The van der Waals surface area contributed by atoms with E-state index in [2.05, 4.69) is 6.92 Å². The molecule has 0 heterocycles. The van der Waals surface area contributed by atoms with Gasteiger partial charge in [-0.05, 0) is 19.3 Å². The average Bonchev–Trinajstić information content (AvgIpc) is 2.10. The summed E-state index contributed by atoms with van der Waals surface area (Å²) in [6.45, 7) is 2.14. The van der Waals surface area contributed by atoms with Crippen LogP contribution in [0.4, 0.5) is 0 Å². The van der Waals surface area contributed by atoms with Crippen molar-refractivity contribution in [1.29, 1.82) is 0 Å². The van der Waals surface area contributed by atoms with Gasteiger partial charge >= 0.3 is 5.97 Å². The van der Waals surface area contributed by atoms with Crippen LogP contribution >= 0.6 is 0 Å². The van der Waals surface area contributed by atoms with Crippen LogP contribution in [0.25, 0.3) is 0 Å². The minimum absolute atomic E-state index is 0.249. The molecule has 0 aliphatic carbocycles. The topological polar surface area (TPSA) is 46.5 Å². The fourth-order valence-corrected chi connectivity index (χ4v) is 1.29. The molecule has 78 valence electrons. The Kier molecular flexibility index (Phi) is 7.69. The molecule has 0 aromatic heterocycles. The Balaban J connectivity index is 3.41. The predicted molar refractivity (Wildman–Crippen MR) is 51.8 cm³/mol. The molecule has 1 unspecified atom stereocenters. The van der Waals surface area contributed by atoms with Crippen LogP contribution in [0.5, 0.6) is 0 Å². The van der Waals surface area contributed by atoms with Crippen molar-refractivity contribution in [2.24, 2.45) is 0 Å². The van der Waals surface area contributed by atoms with E-state index >= 15 is 0 Å². The maximum Gasteiger partial charge on any atom is 0.303 e. The van der Waals surface area contributed by atoms with Gasteiger partial charge in [-0.15, -0.1) is 0 Å². The van der Waals surface area contributed by atoms with Crippen LogP contribution in [-0.2, 0) is 9.53 Å². The largest absolute Gasteiger partial charge is 0.481 e. The van der Waals surface area contributed by atoms with Gasteiger partial charge in [-0.3, -0.25) is 4.79 Å². The van der Waals surface area contributed by atoms with Gasteiger partial charge in [0.15, 0.2) is 0 Å². The van der Waals surface area contributed by atoms with Gasteiger partial charge in [0, 0.05) is 13.5 Å². The summed E-state index contributed by atoms with van der Waals surface area (Å²) in [4.78, 5) is 10.2. The first-order chi connectivity index (χ1) is 6.20. The van der Waals surface area contributed by atoms with Crippen molar-refractivity contribution in [2.75, 3.05) is 7.11 Å². The zero-order valence-electron chi connectivity index (χ0n) is 8.58. The highest BCUT2D eigenvalue weighted by Gasteiger charge is 2.07. The standard InChI is InChI=1S/C10H20O3/c1-3-4-6-9(13-2)7-5-8-10(11)12/h9H,3-8H2,1-2H3,(H,11,12). The highest BCUT2D eigenvalue weighted by Crippen LogP contribution is 2.11. The van der Waals surface area contributed by atoms with E-state index in [1.807, 2.05) is 0 Å². The third kappa shape index (κ3) is 7.78. The maximum atomic E-state index is 10.2. The minimum atomic E-state index is -0.717. The fraction of sp³-hybridized carbons (Fsp3) is 0.900.